The van der Waals surface area contributed by atoms with Crippen LogP contribution in [-0.2, 0) is 15.8 Å². The SMILES string of the molecule is O=C(CN1CCCCCC1=O)Nc1n[nH]c(C(F)(F)F)n1. The highest BCUT2D eigenvalue weighted by Crippen LogP contribution is 2.26. The predicted octanol–water partition coefficient (Wildman–Crippen LogP) is 1.16. The summed E-state index contributed by atoms with van der Waals surface area (Å²) in [5, 5.41) is 7.09. The molecule has 1 aliphatic rings. The van der Waals surface area contributed by atoms with Gasteiger partial charge >= 0.3 is 6.18 Å². The second-order valence-electron chi connectivity index (χ2n) is 4.68. The largest absolute Gasteiger partial charge is 0.451 e. The summed E-state index contributed by atoms with van der Waals surface area (Å²) in [5.74, 6) is -2.51. The zero-order valence-electron chi connectivity index (χ0n) is 11.0. The first-order valence-corrected chi connectivity index (χ1v) is 6.43. The molecular formula is C11H14F3N5O2. The van der Waals surface area contributed by atoms with Crippen LogP contribution < -0.4 is 5.32 Å². The van der Waals surface area contributed by atoms with Crippen molar-refractivity contribution >= 4 is 17.8 Å². The number of amides is 2. The van der Waals surface area contributed by atoms with E-state index in [1.165, 1.54) is 4.90 Å². The van der Waals surface area contributed by atoms with E-state index in [0.29, 0.717) is 13.0 Å². The number of aromatic nitrogens is 3. The summed E-state index contributed by atoms with van der Waals surface area (Å²) in [5.41, 5.74) is 0. The lowest BCUT2D eigenvalue weighted by atomic mass is 10.2. The molecule has 1 aromatic heterocycles. The van der Waals surface area contributed by atoms with Crippen LogP contribution in [0.5, 0.6) is 0 Å². The molecule has 1 fully saturated rings. The minimum Gasteiger partial charge on any atom is -0.333 e. The Labute approximate surface area is 117 Å². The van der Waals surface area contributed by atoms with Gasteiger partial charge in [0.2, 0.25) is 23.6 Å². The van der Waals surface area contributed by atoms with E-state index in [9.17, 15) is 22.8 Å². The molecule has 2 heterocycles. The Morgan fingerprint density at radius 2 is 2.10 bits per heavy atom. The number of hydrogen-bond donors (Lipinski definition) is 2. The molecule has 0 unspecified atom stereocenters. The molecule has 7 nitrogen and oxygen atoms in total. The third-order valence-corrected chi connectivity index (χ3v) is 3.01. The number of anilines is 1. The van der Waals surface area contributed by atoms with Crippen LogP contribution in [0, 0.1) is 0 Å². The van der Waals surface area contributed by atoms with Crippen LogP contribution >= 0.6 is 0 Å². The van der Waals surface area contributed by atoms with E-state index < -0.39 is 23.9 Å². The smallest absolute Gasteiger partial charge is 0.333 e. The summed E-state index contributed by atoms with van der Waals surface area (Å²) in [6.45, 7) is 0.253. The second-order valence-corrected chi connectivity index (χ2v) is 4.68. The Balaban J connectivity index is 1.92. The highest BCUT2D eigenvalue weighted by Gasteiger charge is 2.35. The van der Waals surface area contributed by atoms with Crippen molar-refractivity contribution in [2.75, 3.05) is 18.4 Å². The lowest BCUT2D eigenvalue weighted by Gasteiger charge is -2.19. The van der Waals surface area contributed by atoms with Gasteiger partial charge in [0, 0.05) is 13.0 Å². The van der Waals surface area contributed by atoms with Gasteiger partial charge in [-0.3, -0.25) is 20.0 Å². The maximum atomic E-state index is 12.3. The Bertz CT molecular complexity index is 528. The van der Waals surface area contributed by atoms with Crippen LogP contribution in [-0.4, -0.2) is 45.0 Å². The van der Waals surface area contributed by atoms with Crippen molar-refractivity contribution in [2.45, 2.75) is 31.9 Å². The van der Waals surface area contributed by atoms with E-state index in [2.05, 4.69) is 15.4 Å². The molecule has 0 bridgehead atoms. The van der Waals surface area contributed by atoms with E-state index >= 15 is 0 Å². The highest BCUT2D eigenvalue weighted by molar-refractivity contribution is 5.93. The Hall–Kier alpha value is -2.13. The topological polar surface area (TPSA) is 91.0 Å². The molecule has 1 aromatic rings. The van der Waals surface area contributed by atoms with Gasteiger partial charge in [-0.1, -0.05) is 6.42 Å². The fraction of sp³-hybridized carbons (Fsp3) is 0.636. The number of H-pyrrole nitrogens is 1. The third kappa shape index (κ3) is 4.17. The van der Waals surface area contributed by atoms with Crippen molar-refractivity contribution in [3.63, 3.8) is 0 Å². The predicted molar refractivity (Wildman–Crippen MR) is 65.1 cm³/mol. The summed E-state index contributed by atoms with van der Waals surface area (Å²) in [6.07, 6.45) is -1.77. The summed E-state index contributed by atoms with van der Waals surface area (Å²) in [4.78, 5) is 27.9. The van der Waals surface area contributed by atoms with E-state index in [4.69, 9.17) is 0 Å². The number of nitrogens with one attached hydrogen (secondary N) is 2. The van der Waals surface area contributed by atoms with Gasteiger partial charge in [-0.2, -0.15) is 18.2 Å². The minimum absolute atomic E-state index is 0.131. The Morgan fingerprint density at radius 3 is 2.76 bits per heavy atom. The first-order valence-electron chi connectivity index (χ1n) is 6.43. The highest BCUT2D eigenvalue weighted by atomic mass is 19.4. The fourth-order valence-electron chi connectivity index (χ4n) is 1.99. The molecule has 116 valence electrons. The molecule has 1 aliphatic heterocycles. The molecule has 2 amide bonds. The van der Waals surface area contributed by atoms with Gasteiger partial charge < -0.3 is 4.90 Å². The summed E-state index contributed by atoms with van der Waals surface area (Å²) >= 11 is 0. The van der Waals surface area contributed by atoms with E-state index in [0.717, 1.165) is 19.3 Å². The van der Waals surface area contributed by atoms with Crippen LogP contribution in [0.3, 0.4) is 0 Å². The molecule has 2 N–H and O–H groups in total. The van der Waals surface area contributed by atoms with Gasteiger partial charge in [0.1, 0.15) is 0 Å². The number of hydrogen-bond acceptors (Lipinski definition) is 4. The van der Waals surface area contributed by atoms with Crippen LogP contribution in [0.25, 0.3) is 0 Å². The van der Waals surface area contributed by atoms with Gasteiger partial charge in [-0.05, 0) is 12.8 Å². The molecule has 0 saturated carbocycles. The number of carbonyl (C=O) groups is 2. The number of alkyl halides is 3. The maximum Gasteiger partial charge on any atom is 0.451 e. The van der Waals surface area contributed by atoms with Gasteiger partial charge in [0.25, 0.3) is 0 Å². The van der Waals surface area contributed by atoms with Crippen LogP contribution in [0.1, 0.15) is 31.5 Å². The minimum atomic E-state index is -4.66. The number of carbonyl (C=O) groups excluding carboxylic acids is 2. The standard InChI is InChI=1S/C11H14F3N5O2/c12-11(13,14)9-16-10(18-17-9)15-7(20)6-19-5-3-1-2-4-8(19)21/h1-6H2,(H2,15,16,17,18,20). The van der Waals surface area contributed by atoms with E-state index in [1.807, 2.05) is 0 Å². The molecule has 0 atom stereocenters. The molecule has 0 radical (unpaired) electrons. The summed E-state index contributed by atoms with van der Waals surface area (Å²) in [6, 6.07) is 0. The molecule has 0 aliphatic carbocycles. The van der Waals surface area contributed by atoms with Gasteiger partial charge in [-0.15, -0.1) is 5.10 Å². The quantitative estimate of drug-likeness (QED) is 0.877. The zero-order chi connectivity index (χ0) is 15.5. The average Bonchev–Trinajstić information content (AvgIpc) is 2.76. The van der Waals surface area contributed by atoms with Crippen LogP contribution in [0.4, 0.5) is 19.1 Å². The van der Waals surface area contributed by atoms with Gasteiger partial charge in [0.15, 0.2) is 0 Å². The number of halogens is 3. The number of nitrogens with zero attached hydrogens (tertiary/aromatic N) is 3. The molecule has 0 spiro atoms. The zero-order valence-corrected chi connectivity index (χ0v) is 11.0. The summed E-state index contributed by atoms with van der Waals surface area (Å²) < 4.78 is 36.9. The maximum absolute atomic E-state index is 12.3. The van der Waals surface area contributed by atoms with Gasteiger partial charge in [0.05, 0.1) is 6.54 Å². The number of likely N-dealkylation sites (tertiary alicyclic amines) is 1. The Morgan fingerprint density at radius 1 is 1.33 bits per heavy atom. The fourth-order valence-corrected chi connectivity index (χ4v) is 1.99. The molecule has 21 heavy (non-hydrogen) atoms. The van der Waals surface area contributed by atoms with Crippen molar-refractivity contribution in [1.29, 1.82) is 0 Å². The van der Waals surface area contributed by atoms with Crippen molar-refractivity contribution in [1.82, 2.24) is 20.1 Å². The van der Waals surface area contributed by atoms with Crippen molar-refractivity contribution in [3.8, 4) is 0 Å². The van der Waals surface area contributed by atoms with Crippen molar-refractivity contribution in [3.05, 3.63) is 5.82 Å². The van der Waals surface area contributed by atoms with Crippen molar-refractivity contribution < 1.29 is 22.8 Å². The third-order valence-electron chi connectivity index (χ3n) is 3.01. The normalized spacial score (nSPS) is 16.7. The van der Waals surface area contributed by atoms with E-state index in [1.54, 1.807) is 5.10 Å². The van der Waals surface area contributed by atoms with Crippen molar-refractivity contribution in [2.24, 2.45) is 0 Å². The monoisotopic (exact) mass is 305 g/mol. The lowest BCUT2D eigenvalue weighted by Crippen LogP contribution is -2.37. The molecule has 10 heteroatoms. The number of rotatable bonds is 3. The van der Waals surface area contributed by atoms with Crippen LogP contribution in [0.2, 0.25) is 0 Å². The molecule has 2 rings (SSSR count). The first kappa shape index (κ1) is 15.3. The molecular weight excluding hydrogens is 291 g/mol. The molecule has 0 aromatic carbocycles. The van der Waals surface area contributed by atoms with E-state index in [-0.39, 0.29) is 12.5 Å². The lowest BCUT2D eigenvalue weighted by molar-refractivity contribution is -0.144. The van der Waals surface area contributed by atoms with Gasteiger partial charge in [-0.25, -0.2) is 0 Å². The first-order chi connectivity index (χ1) is 9.86. The number of aromatic amines is 1. The average molecular weight is 305 g/mol. The Kier molecular flexibility index (Phi) is 4.43. The summed E-state index contributed by atoms with van der Waals surface area (Å²) in [7, 11) is 0. The molecule has 1 saturated heterocycles. The second kappa shape index (κ2) is 6.10. The van der Waals surface area contributed by atoms with Crippen LogP contribution in [0.15, 0.2) is 0 Å².